The van der Waals surface area contributed by atoms with E-state index in [2.05, 4.69) is 15.5 Å². The lowest BCUT2D eigenvalue weighted by atomic mass is 10.2. The Labute approximate surface area is 93.4 Å². The maximum Gasteiger partial charge on any atom is 0.158 e. The molecule has 6 nitrogen and oxygen atoms in total. The average Bonchev–Trinajstić information content (AvgIpc) is 2.87. The lowest BCUT2D eigenvalue weighted by Crippen LogP contribution is -2.08. The van der Waals surface area contributed by atoms with Gasteiger partial charge in [0.1, 0.15) is 6.54 Å². The zero-order valence-electron chi connectivity index (χ0n) is 9.42. The van der Waals surface area contributed by atoms with Crippen LogP contribution >= 0.6 is 0 Å². The molecule has 2 rings (SSSR count). The van der Waals surface area contributed by atoms with Gasteiger partial charge in [-0.05, 0) is 13.3 Å². The van der Waals surface area contributed by atoms with Crippen LogP contribution in [0.4, 0.5) is 0 Å². The highest BCUT2D eigenvalue weighted by Crippen LogP contribution is 2.10. The third-order valence-electron chi connectivity index (χ3n) is 2.37. The summed E-state index contributed by atoms with van der Waals surface area (Å²) in [7, 11) is 0. The minimum absolute atomic E-state index is 0.0507. The van der Waals surface area contributed by atoms with Gasteiger partial charge in [0.2, 0.25) is 0 Å². The Bertz CT molecular complexity index is 461. The highest BCUT2D eigenvalue weighted by molar-refractivity contribution is 5.05. The Morgan fingerprint density at radius 3 is 3.00 bits per heavy atom. The van der Waals surface area contributed by atoms with E-state index in [9.17, 15) is 0 Å². The molecule has 1 unspecified atom stereocenters. The molecule has 0 bridgehead atoms. The van der Waals surface area contributed by atoms with Crippen LogP contribution in [0.1, 0.15) is 36.5 Å². The van der Waals surface area contributed by atoms with Gasteiger partial charge in [-0.25, -0.2) is 4.68 Å². The lowest BCUT2D eigenvalue weighted by molar-refractivity contribution is 0.367. The van der Waals surface area contributed by atoms with Gasteiger partial charge in [-0.15, -0.1) is 5.10 Å². The Kier molecular flexibility index (Phi) is 3.00. The second-order valence-corrected chi connectivity index (χ2v) is 3.79. The molecule has 16 heavy (non-hydrogen) atoms. The number of nitrogens with two attached hydrogens (primary N) is 1. The van der Waals surface area contributed by atoms with E-state index in [1.165, 1.54) is 0 Å². The van der Waals surface area contributed by atoms with Crippen molar-refractivity contribution in [2.24, 2.45) is 5.73 Å². The van der Waals surface area contributed by atoms with Crippen molar-refractivity contribution in [2.75, 3.05) is 0 Å². The van der Waals surface area contributed by atoms with Crippen LogP contribution in [0.5, 0.6) is 0 Å². The molecule has 2 N–H and O–H groups in total. The molecule has 0 saturated carbocycles. The van der Waals surface area contributed by atoms with Gasteiger partial charge in [0, 0.05) is 6.07 Å². The largest absolute Gasteiger partial charge is 0.359 e. The van der Waals surface area contributed by atoms with Gasteiger partial charge in [0.15, 0.2) is 5.76 Å². The summed E-state index contributed by atoms with van der Waals surface area (Å²) in [6, 6.07) is 1.83. The fraction of sp³-hybridized carbons (Fsp3) is 0.500. The van der Waals surface area contributed by atoms with Crippen LogP contribution in [0, 0.1) is 6.92 Å². The SMILES string of the molecule is CCC(N)c1cn(Cc2cc(C)no2)nn1. The Hall–Kier alpha value is -1.69. The first-order valence-electron chi connectivity index (χ1n) is 5.27. The number of rotatable bonds is 4. The average molecular weight is 221 g/mol. The molecule has 0 aliphatic rings. The summed E-state index contributed by atoms with van der Waals surface area (Å²) in [5, 5.41) is 11.8. The first kappa shape index (κ1) is 10.8. The molecule has 0 aromatic carbocycles. The molecule has 0 aliphatic carbocycles. The molecule has 0 aliphatic heterocycles. The van der Waals surface area contributed by atoms with Crippen molar-refractivity contribution in [3.63, 3.8) is 0 Å². The molecule has 2 aromatic heterocycles. The normalized spacial score (nSPS) is 12.9. The fourth-order valence-corrected chi connectivity index (χ4v) is 1.42. The predicted molar refractivity (Wildman–Crippen MR) is 57.6 cm³/mol. The van der Waals surface area contributed by atoms with Crippen LogP contribution in [0.3, 0.4) is 0 Å². The third kappa shape index (κ3) is 2.27. The Morgan fingerprint density at radius 1 is 1.56 bits per heavy atom. The van der Waals surface area contributed by atoms with E-state index in [1.54, 1.807) is 4.68 Å². The van der Waals surface area contributed by atoms with E-state index in [4.69, 9.17) is 10.3 Å². The monoisotopic (exact) mass is 221 g/mol. The summed E-state index contributed by atoms with van der Waals surface area (Å²) >= 11 is 0. The van der Waals surface area contributed by atoms with Crippen molar-refractivity contribution >= 4 is 0 Å². The summed E-state index contributed by atoms with van der Waals surface area (Å²) in [5.74, 6) is 0.763. The van der Waals surface area contributed by atoms with E-state index in [0.29, 0.717) is 6.54 Å². The van der Waals surface area contributed by atoms with Crippen LogP contribution in [0.2, 0.25) is 0 Å². The maximum absolute atomic E-state index is 5.85. The third-order valence-corrected chi connectivity index (χ3v) is 2.37. The smallest absolute Gasteiger partial charge is 0.158 e. The zero-order valence-corrected chi connectivity index (χ0v) is 9.42. The summed E-state index contributed by atoms with van der Waals surface area (Å²) in [6.45, 7) is 4.43. The molecule has 0 saturated heterocycles. The van der Waals surface area contributed by atoms with Gasteiger partial charge < -0.3 is 10.3 Å². The highest BCUT2D eigenvalue weighted by Gasteiger charge is 2.09. The van der Waals surface area contributed by atoms with Gasteiger partial charge in [-0.3, -0.25) is 0 Å². The molecule has 0 radical (unpaired) electrons. The fourth-order valence-electron chi connectivity index (χ4n) is 1.42. The lowest BCUT2D eigenvalue weighted by Gasteiger charge is -2.01. The molecule has 0 amide bonds. The van der Waals surface area contributed by atoms with E-state index in [1.807, 2.05) is 26.1 Å². The van der Waals surface area contributed by atoms with Crippen molar-refractivity contribution in [3.8, 4) is 0 Å². The Balaban J connectivity index is 2.08. The summed E-state index contributed by atoms with van der Waals surface area (Å²) < 4.78 is 6.79. The van der Waals surface area contributed by atoms with Gasteiger partial charge >= 0.3 is 0 Å². The number of aryl methyl sites for hydroxylation is 1. The van der Waals surface area contributed by atoms with Gasteiger partial charge in [-0.1, -0.05) is 17.3 Å². The van der Waals surface area contributed by atoms with E-state index < -0.39 is 0 Å². The minimum Gasteiger partial charge on any atom is -0.359 e. The quantitative estimate of drug-likeness (QED) is 0.833. The molecule has 86 valence electrons. The van der Waals surface area contributed by atoms with Crippen LogP contribution in [0.25, 0.3) is 0 Å². The van der Waals surface area contributed by atoms with Crippen molar-refractivity contribution in [2.45, 2.75) is 32.9 Å². The van der Waals surface area contributed by atoms with Gasteiger partial charge in [0.25, 0.3) is 0 Å². The molecule has 6 heteroatoms. The Morgan fingerprint density at radius 2 is 2.38 bits per heavy atom. The van der Waals surface area contributed by atoms with Gasteiger partial charge in [0.05, 0.1) is 23.6 Å². The number of hydrogen-bond donors (Lipinski definition) is 1. The minimum atomic E-state index is -0.0507. The molecule has 2 aromatic rings. The number of aromatic nitrogens is 4. The standard InChI is InChI=1S/C10H15N5O/c1-3-9(11)10-6-15(14-12-10)5-8-4-7(2)13-16-8/h4,6,9H,3,5,11H2,1-2H3. The van der Waals surface area contributed by atoms with E-state index >= 15 is 0 Å². The summed E-state index contributed by atoms with van der Waals surface area (Å²) in [6.07, 6.45) is 2.69. The van der Waals surface area contributed by atoms with Crippen molar-refractivity contribution in [3.05, 3.63) is 29.4 Å². The first-order chi connectivity index (χ1) is 7.69. The molecule has 0 spiro atoms. The summed E-state index contributed by atoms with van der Waals surface area (Å²) in [5.41, 5.74) is 7.52. The predicted octanol–water partition coefficient (Wildman–Crippen LogP) is 1.03. The highest BCUT2D eigenvalue weighted by atomic mass is 16.5. The van der Waals surface area contributed by atoms with E-state index in [-0.39, 0.29) is 6.04 Å². The van der Waals surface area contributed by atoms with Crippen molar-refractivity contribution in [1.29, 1.82) is 0 Å². The van der Waals surface area contributed by atoms with Crippen LogP contribution in [0.15, 0.2) is 16.8 Å². The summed E-state index contributed by atoms with van der Waals surface area (Å²) in [4.78, 5) is 0. The van der Waals surface area contributed by atoms with Crippen LogP contribution in [-0.2, 0) is 6.54 Å². The topological polar surface area (TPSA) is 82.8 Å². The van der Waals surface area contributed by atoms with Crippen LogP contribution in [-0.4, -0.2) is 20.2 Å². The number of nitrogens with zero attached hydrogens (tertiary/aromatic N) is 4. The first-order valence-corrected chi connectivity index (χ1v) is 5.27. The molecular formula is C10H15N5O. The molecule has 2 heterocycles. The van der Waals surface area contributed by atoms with Crippen LogP contribution < -0.4 is 5.73 Å². The van der Waals surface area contributed by atoms with E-state index in [0.717, 1.165) is 23.6 Å². The second kappa shape index (κ2) is 4.44. The number of hydrogen-bond acceptors (Lipinski definition) is 5. The van der Waals surface area contributed by atoms with Crippen molar-refractivity contribution < 1.29 is 4.52 Å². The molecule has 0 fully saturated rings. The van der Waals surface area contributed by atoms with Gasteiger partial charge in [-0.2, -0.15) is 0 Å². The zero-order chi connectivity index (χ0) is 11.5. The maximum atomic E-state index is 5.85. The molecule has 1 atom stereocenters. The molecular weight excluding hydrogens is 206 g/mol. The van der Waals surface area contributed by atoms with Crippen molar-refractivity contribution in [1.82, 2.24) is 20.2 Å². The second-order valence-electron chi connectivity index (χ2n) is 3.79.